The lowest BCUT2D eigenvalue weighted by atomic mass is 9.86. The number of aromatic nitrogens is 1. The fourth-order valence-electron chi connectivity index (χ4n) is 3.38. The third-order valence-corrected chi connectivity index (χ3v) is 5.84. The Morgan fingerprint density at radius 3 is 2.36 bits per heavy atom. The predicted octanol–water partition coefficient (Wildman–Crippen LogP) is 4.92. The summed E-state index contributed by atoms with van der Waals surface area (Å²) in [6, 6.07) is 11.5. The van der Waals surface area contributed by atoms with Crippen LogP contribution in [0.3, 0.4) is 0 Å². The predicted molar refractivity (Wildman–Crippen MR) is 139 cm³/mol. The molecule has 0 atom stereocenters. The van der Waals surface area contributed by atoms with Crippen LogP contribution >= 0.6 is 0 Å². The topological polar surface area (TPSA) is 124 Å². The first-order chi connectivity index (χ1) is 16.8. The van der Waals surface area contributed by atoms with Crippen LogP contribution in [0.2, 0.25) is 0 Å². The van der Waals surface area contributed by atoms with E-state index in [1.807, 2.05) is 27.7 Å². The van der Waals surface area contributed by atoms with Crippen molar-refractivity contribution in [3.63, 3.8) is 0 Å². The molecule has 1 aromatic heterocycles. The van der Waals surface area contributed by atoms with Crippen LogP contribution in [-0.2, 0) is 15.4 Å². The Labute approximate surface area is 210 Å². The number of sulfonamides is 1. The quantitative estimate of drug-likeness (QED) is 0.411. The smallest absolute Gasteiger partial charge is 0.255 e. The molecule has 3 aromatic rings. The van der Waals surface area contributed by atoms with Crippen LogP contribution in [0, 0.1) is 6.92 Å². The first-order valence-electron chi connectivity index (χ1n) is 11.0. The summed E-state index contributed by atoms with van der Waals surface area (Å²) in [6.07, 6.45) is 3.13. The van der Waals surface area contributed by atoms with E-state index < -0.39 is 15.9 Å². The van der Waals surface area contributed by atoms with Gasteiger partial charge in [0.25, 0.3) is 5.91 Å². The number of carbonyl (C=O) groups excluding carboxylic acids is 2. The van der Waals surface area contributed by atoms with Crippen LogP contribution in [0.25, 0.3) is 0 Å². The molecule has 0 spiro atoms. The van der Waals surface area contributed by atoms with Gasteiger partial charge in [0.05, 0.1) is 24.7 Å². The molecular weight excluding hydrogens is 482 g/mol. The average molecular weight is 512 g/mol. The minimum atomic E-state index is -3.60. The summed E-state index contributed by atoms with van der Waals surface area (Å²) in [4.78, 5) is 28.2. The van der Waals surface area contributed by atoms with Crippen LogP contribution in [0.15, 0.2) is 48.7 Å². The van der Waals surface area contributed by atoms with Crippen LogP contribution in [0.1, 0.15) is 52.7 Å². The van der Waals surface area contributed by atoms with Crippen molar-refractivity contribution in [2.75, 3.05) is 23.4 Å². The zero-order chi connectivity index (χ0) is 26.7. The van der Waals surface area contributed by atoms with Gasteiger partial charge in [0.2, 0.25) is 10.0 Å². The van der Waals surface area contributed by atoms with Gasteiger partial charge >= 0.3 is 0 Å². The molecule has 2 N–H and O–H groups in total. The number of aldehydes is 1. The molecule has 0 saturated heterocycles. The van der Waals surface area contributed by atoms with E-state index in [4.69, 9.17) is 9.47 Å². The third kappa shape index (κ3) is 6.60. The van der Waals surface area contributed by atoms with Gasteiger partial charge in [-0.05, 0) is 53.8 Å². The second-order valence-corrected chi connectivity index (χ2v) is 11.0. The summed E-state index contributed by atoms with van der Waals surface area (Å²) < 4.78 is 37.7. The van der Waals surface area contributed by atoms with E-state index in [0.717, 1.165) is 17.4 Å². The van der Waals surface area contributed by atoms with E-state index in [9.17, 15) is 18.0 Å². The number of ether oxygens (including phenoxy) is 2. The Bertz CT molecular complexity index is 1410. The van der Waals surface area contributed by atoms with Crippen molar-refractivity contribution in [3.05, 3.63) is 71.0 Å². The second-order valence-electron chi connectivity index (χ2n) is 9.30. The highest BCUT2D eigenvalue weighted by Gasteiger charge is 2.22. The van der Waals surface area contributed by atoms with Crippen LogP contribution < -0.4 is 19.5 Å². The van der Waals surface area contributed by atoms with Crippen molar-refractivity contribution in [1.82, 2.24) is 4.98 Å². The van der Waals surface area contributed by atoms with Gasteiger partial charge in [-0.1, -0.05) is 26.8 Å². The normalized spacial score (nSPS) is 11.5. The maximum atomic E-state index is 13.2. The molecule has 1 amide bonds. The molecule has 0 bridgehead atoms. The molecule has 0 saturated carbocycles. The molecular formula is C26H29N3O6S. The first kappa shape index (κ1) is 26.7. The summed E-state index contributed by atoms with van der Waals surface area (Å²) in [5.41, 5.74) is 2.30. The standard InChI is InChI=1S/C26H29N3O6S/c1-16-7-8-17(11-23(16)35-20-9-10-27-19(14-20)15-30)25(31)28-21-12-18(26(2,3)4)13-22(24(21)34-5)29-36(6,32)33/h7-15,29H,1-6H3,(H,28,31). The average Bonchev–Trinajstić information content (AvgIpc) is 2.78. The summed E-state index contributed by atoms with van der Waals surface area (Å²) in [6.45, 7) is 7.76. The number of hydrogen-bond donors (Lipinski definition) is 2. The minimum Gasteiger partial charge on any atom is -0.492 e. The van der Waals surface area contributed by atoms with Crippen molar-refractivity contribution in [3.8, 4) is 17.2 Å². The van der Waals surface area contributed by atoms with E-state index in [1.165, 1.54) is 19.4 Å². The number of benzene rings is 2. The Balaban J connectivity index is 1.98. The first-order valence-corrected chi connectivity index (χ1v) is 12.9. The van der Waals surface area contributed by atoms with Gasteiger partial charge in [0.1, 0.15) is 17.2 Å². The fourth-order valence-corrected chi connectivity index (χ4v) is 3.93. The van der Waals surface area contributed by atoms with Crippen LogP contribution in [-0.4, -0.2) is 39.0 Å². The van der Waals surface area contributed by atoms with Crippen molar-refractivity contribution in [1.29, 1.82) is 0 Å². The molecule has 0 radical (unpaired) electrons. The van der Waals surface area contributed by atoms with Crippen molar-refractivity contribution in [2.45, 2.75) is 33.1 Å². The fraction of sp³-hybridized carbons (Fsp3) is 0.269. The maximum Gasteiger partial charge on any atom is 0.255 e. The van der Waals surface area contributed by atoms with Gasteiger partial charge in [0.15, 0.2) is 12.0 Å². The lowest BCUT2D eigenvalue weighted by Gasteiger charge is -2.24. The summed E-state index contributed by atoms with van der Waals surface area (Å²) in [7, 11) is -2.20. The van der Waals surface area contributed by atoms with Crippen molar-refractivity contribution >= 4 is 33.6 Å². The molecule has 2 aromatic carbocycles. The highest BCUT2D eigenvalue weighted by molar-refractivity contribution is 7.92. The Kier molecular flexibility index (Phi) is 7.68. The number of nitrogens with zero attached hydrogens (tertiary/aromatic N) is 1. The van der Waals surface area contributed by atoms with E-state index in [0.29, 0.717) is 29.0 Å². The molecule has 0 fully saturated rings. The van der Waals surface area contributed by atoms with Gasteiger partial charge in [-0.3, -0.25) is 19.3 Å². The third-order valence-electron chi connectivity index (χ3n) is 5.25. The number of aryl methyl sites for hydroxylation is 1. The van der Waals surface area contributed by atoms with Crippen LogP contribution in [0.5, 0.6) is 17.2 Å². The van der Waals surface area contributed by atoms with E-state index >= 15 is 0 Å². The molecule has 10 heteroatoms. The van der Waals surface area contributed by atoms with Crippen LogP contribution in [0.4, 0.5) is 11.4 Å². The maximum absolute atomic E-state index is 13.2. The molecule has 0 aliphatic carbocycles. The van der Waals surface area contributed by atoms with Gasteiger partial charge in [0, 0.05) is 17.8 Å². The molecule has 0 aliphatic rings. The van der Waals surface area contributed by atoms with Gasteiger partial charge in [-0.15, -0.1) is 0 Å². The largest absolute Gasteiger partial charge is 0.492 e. The van der Waals surface area contributed by atoms with E-state index in [-0.39, 0.29) is 22.5 Å². The molecule has 3 rings (SSSR count). The summed E-state index contributed by atoms with van der Waals surface area (Å²) in [5, 5.41) is 2.83. The summed E-state index contributed by atoms with van der Waals surface area (Å²) >= 11 is 0. The molecule has 9 nitrogen and oxygen atoms in total. The number of rotatable bonds is 8. The molecule has 0 unspecified atom stereocenters. The zero-order valence-electron chi connectivity index (χ0n) is 21.0. The number of nitrogens with one attached hydrogen (secondary N) is 2. The molecule has 190 valence electrons. The molecule has 1 heterocycles. The number of hydrogen-bond acceptors (Lipinski definition) is 7. The van der Waals surface area contributed by atoms with Crippen molar-refractivity contribution in [2.24, 2.45) is 0 Å². The Morgan fingerprint density at radius 1 is 1.06 bits per heavy atom. The number of pyridine rings is 1. The lowest BCUT2D eigenvalue weighted by molar-refractivity contribution is 0.102. The van der Waals surface area contributed by atoms with E-state index in [1.54, 1.807) is 36.4 Å². The Hall–Kier alpha value is -3.92. The molecule has 0 aliphatic heterocycles. The highest BCUT2D eigenvalue weighted by atomic mass is 32.2. The number of amides is 1. The number of methoxy groups -OCH3 is 1. The highest BCUT2D eigenvalue weighted by Crippen LogP contribution is 2.39. The monoisotopic (exact) mass is 511 g/mol. The van der Waals surface area contributed by atoms with Gasteiger partial charge < -0.3 is 14.8 Å². The second kappa shape index (κ2) is 10.4. The summed E-state index contributed by atoms with van der Waals surface area (Å²) in [5.74, 6) is 0.575. The number of anilines is 2. The molecule has 36 heavy (non-hydrogen) atoms. The zero-order valence-corrected chi connectivity index (χ0v) is 21.8. The lowest BCUT2D eigenvalue weighted by Crippen LogP contribution is -2.18. The van der Waals surface area contributed by atoms with Gasteiger partial charge in [-0.25, -0.2) is 8.42 Å². The Morgan fingerprint density at radius 2 is 1.75 bits per heavy atom. The SMILES string of the molecule is COc1c(NC(=O)c2ccc(C)c(Oc3ccnc(C=O)c3)c2)cc(C(C)(C)C)cc1NS(C)(=O)=O. The van der Waals surface area contributed by atoms with Crippen molar-refractivity contribution < 1.29 is 27.5 Å². The minimum absolute atomic E-state index is 0.184. The van der Waals surface area contributed by atoms with Gasteiger partial charge in [-0.2, -0.15) is 0 Å². The number of carbonyl (C=O) groups is 2. The van der Waals surface area contributed by atoms with E-state index in [2.05, 4.69) is 15.0 Å².